The lowest BCUT2D eigenvalue weighted by Crippen LogP contribution is -2.39. The Kier molecular flexibility index (Phi) is 5.63. The first-order valence-corrected chi connectivity index (χ1v) is 9.65. The van der Waals surface area contributed by atoms with E-state index in [1.54, 1.807) is 0 Å². The summed E-state index contributed by atoms with van der Waals surface area (Å²) in [6, 6.07) is 25.1. The molecule has 0 bridgehead atoms. The summed E-state index contributed by atoms with van der Waals surface area (Å²) in [5.74, 6) is 0.453. The number of aromatic nitrogens is 1. The van der Waals surface area contributed by atoms with Gasteiger partial charge in [0.2, 0.25) is 11.8 Å². The average molecular weight is 401 g/mol. The first kappa shape index (κ1) is 18.8. The number of oxazole rings is 1. The Balaban J connectivity index is 1.30. The molecule has 0 saturated carbocycles. The molecule has 0 fully saturated rings. The van der Waals surface area contributed by atoms with Crippen LogP contribution in [-0.2, 0) is 17.8 Å². The van der Waals surface area contributed by atoms with Crippen molar-refractivity contribution < 1.29 is 9.21 Å². The third-order valence-corrected chi connectivity index (χ3v) is 4.65. The second-order valence-corrected chi connectivity index (χ2v) is 6.99. The van der Waals surface area contributed by atoms with Crippen LogP contribution in [0.15, 0.2) is 83.3 Å². The Morgan fingerprint density at radius 2 is 1.62 bits per heavy atom. The molecule has 5 nitrogen and oxygen atoms in total. The highest BCUT2D eigenvalue weighted by Gasteiger charge is 2.08. The number of carbonyl (C=O) groups excluding carboxylic acids is 1. The molecule has 29 heavy (non-hydrogen) atoms. The van der Waals surface area contributed by atoms with Gasteiger partial charge in [0.05, 0.1) is 6.42 Å². The van der Waals surface area contributed by atoms with E-state index in [1.165, 1.54) is 0 Å². The number of nitrogens with zero attached hydrogens (tertiary/aromatic N) is 1. The maximum Gasteiger partial charge on any atom is 0.230 e. The minimum Gasteiger partial charge on any atom is -0.436 e. The van der Waals surface area contributed by atoms with E-state index in [1.807, 2.05) is 78.9 Å². The number of nitrogens with one attached hydrogen (secondary N) is 2. The fourth-order valence-corrected chi connectivity index (χ4v) is 3.13. The van der Waals surface area contributed by atoms with Gasteiger partial charge in [-0.15, -0.1) is 0 Å². The van der Waals surface area contributed by atoms with Crippen molar-refractivity contribution in [3.63, 3.8) is 0 Å². The molecule has 144 valence electrons. The lowest BCUT2D eigenvalue weighted by Gasteiger charge is -2.10. The van der Waals surface area contributed by atoms with Crippen LogP contribution in [-0.4, -0.2) is 16.0 Å². The number of thiocarbonyl (C=S) groups is 1. The van der Waals surface area contributed by atoms with E-state index in [-0.39, 0.29) is 5.91 Å². The molecule has 3 aromatic carbocycles. The number of hydrogen-bond donors (Lipinski definition) is 2. The second kappa shape index (κ2) is 8.67. The van der Waals surface area contributed by atoms with Crippen LogP contribution < -0.4 is 10.6 Å². The van der Waals surface area contributed by atoms with Crippen molar-refractivity contribution in [1.29, 1.82) is 0 Å². The maximum absolute atomic E-state index is 12.1. The van der Waals surface area contributed by atoms with Crippen LogP contribution in [0.4, 0.5) is 0 Å². The molecular weight excluding hydrogens is 382 g/mol. The van der Waals surface area contributed by atoms with Gasteiger partial charge in [0.25, 0.3) is 0 Å². The van der Waals surface area contributed by atoms with Crippen molar-refractivity contribution in [1.82, 2.24) is 15.6 Å². The van der Waals surface area contributed by atoms with Crippen LogP contribution in [0.25, 0.3) is 22.6 Å². The van der Waals surface area contributed by atoms with E-state index in [4.69, 9.17) is 16.6 Å². The topological polar surface area (TPSA) is 67.2 Å². The normalized spacial score (nSPS) is 10.6. The second-order valence-electron chi connectivity index (χ2n) is 6.58. The number of para-hydroxylation sites is 2. The van der Waals surface area contributed by atoms with Crippen LogP contribution in [0.3, 0.4) is 0 Å². The molecule has 1 amide bonds. The zero-order valence-electron chi connectivity index (χ0n) is 15.6. The van der Waals surface area contributed by atoms with Gasteiger partial charge in [0, 0.05) is 12.1 Å². The molecule has 0 aliphatic heterocycles. The van der Waals surface area contributed by atoms with Crippen molar-refractivity contribution in [2.45, 2.75) is 13.0 Å². The van der Waals surface area contributed by atoms with Gasteiger partial charge in [-0.2, -0.15) is 0 Å². The largest absolute Gasteiger partial charge is 0.436 e. The van der Waals surface area contributed by atoms with Crippen molar-refractivity contribution >= 4 is 34.3 Å². The molecule has 4 aromatic rings. The van der Waals surface area contributed by atoms with E-state index >= 15 is 0 Å². The number of carbonyl (C=O) groups is 1. The summed E-state index contributed by atoms with van der Waals surface area (Å²) in [4.78, 5) is 16.6. The fraction of sp³-hybridized carbons (Fsp3) is 0.0870. The van der Waals surface area contributed by atoms with Gasteiger partial charge in [-0.25, -0.2) is 4.98 Å². The van der Waals surface area contributed by atoms with E-state index in [0.29, 0.717) is 24.0 Å². The van der Waals surface area contributed by atoms with Crippen LogP contribution in [0, 0.1) is 0 Å². The monoisotopic (exact) mass is 401 g/mol. The molecule has 0 radical (unpaired) electrons. The molecule has 0 saturated heterocycles. The fourth-order valence-electron chi connectivity index (χ4n) is 2.94. The molecule has 0 unspecified atom stereocenters. The lowest BCUT2D eigenvalue weighted by atomic mass is 10.1. The highest BCUT2D eigenvalue weighted by molar-refractivity contribution is 7.80. The summed E-state index contributed by atoms with van der Waals surface area (Å²) in [5.41, 5.74) is 4.49. The van der Waals surface area contributed by atoms with Crippen LogP contribution in [0.1, 0.15) is 11.1 Å². The Bertz CT molecular complexity index is 1100. The lowest BCUT2D eigenvalue weighted by molar-refractivity contribution is -0.119. The summed E-state index contributed by atoms with van der Waals surface area (Å²) < 4.78 is 5.79. The van der Waals surface area contributed by atoms with E-state index in [9.17, 15) is 4.79 Å². The number of rotatable bonds is 5. The predicted molar refractivity (Wildman–Crippen MR) is 117 cm³/mol. The minimum atomic E-state index is -0.139. The minimum absolute atomic E-state index is 0.139. The van der Waals surface area contributed by atoms with Gasteiger partial charge >= 0.3 is 0 Å². The first-order valence-electron chi connectivity index (χ1n) is 9.24. The third-order valence-electron chi connectivity index (χ3n) is 4.41. The zero-order chi connectivity index (χ0) is 20.1. The van der Waals surface area contributed by atoms with Gasteiger partial charge in [-0.1, -0.05) is 54.6 Å². The molecule has 0 spiro atoms. The molecule has 2 N–H and O–H groups in total. The standard InChI is InChI=1S/C23H19N3O2S/c27-21(14-16-6-2-1-3-7-16)26-23(29)24-15-17-10-12-18(13-11-17)22-25-19-8-4-5-9-20(19)28-22/h1-13H,14-15H2,(H2,24,26,27,29). The Morgan fingerprint density at radius 3 is 2.38 bits per heavy atom. The highest BCUT2D eigenvalue weighted by Crippen LogP contribution is 2.24. The van der Waals surface area contributed by atoms with Crippen LogP contribution in [0.5, 0.6) is 0 Å². The smallest absolute Gasteiger partial charge is 0.230 e. The zero-order valence-corrected chi connectivity index (χ0v) is 16.4. The summed E-state index contributed by atoms with van der Waals surface area (Å²) in [6.07, 6.45) is 0.294. The molecule has 6 heteroatoms. The van der Waals surface area contributed by atoms with Gasteiger partial charge in [0.1, 0.15) is 5.52 Å². The molecule has 0 aliphatic carbocycles. The van der Waals surface area contributed by atoms with Crippen molar-refractivity contribution in [2.24, 2.45) is 0 Å². The van der Waals surface area contributed by atoms with Crippen molar-refractivity contribution in [3.05, 3.63) is 90.0 Å². The third kappa shape index (κ3) is 4.86. The van der Waals surface area contributed by atoms with Crippen molar-refractivity contribution in [3.8, 4) is 11.5 Å². The highest BCUT2D eigenvalue weighted by atomic mass is 32.1. The molecule has 0 aliphatic rings. The SMILES string of the molecule is O=C(Cc1ccccc1)NC(=S)NCc1ccc(-c2nc3ccccc3o2)cc1. The Labute approximate surface area is 173 Å². The van der Waals surface area contributed by atoms with E-state index in [0.717, 1.165) is 27.8 Å². The molecule has 4 rings (SSSR count). The van der Waals surface area contributed by atoms with Gasteiger partial charge < -0.3 is 15.1 Å². The number of hydrogen-bond acceptors (Lipinski definition) is 4. The van der Waals surface area contributed by atoms with Crippen LogP contribution in [0.2, 0.25) is 0 Å². The summed E-state index contributed by atoms with van der Waals surface area (Å²) in [6.45, 7) is 0.512. The van der Waals surface area contributed by atoms with Gasteiger partial charge in [-0.05, 0) is 47.6 Å². The van der Waals surface area contributed by atoms with Gasteiger partial charge in [-0.3, -0.25) is 4.79 Å². The number of amides is 1. The quantitative estimate of drug-likeness (QED) is 0.490. The maximum atomic E-state index is 12.1. The van der Waals surface area contributed by atoms with Crippen molar-refractivity contribution in [2.75, 3.05) is 0 Å². The summed E-state index contributed by atoms with van der Waals surface area (Å²) in [7, 11) is 0. The average Bonchev–Trinajstić information content (AvgIpc) is 3.17. The van der Waals surface area contributed by atoms with Crippen LogP contribution >= 0.6 is 12.2 Å². The predicted octanol–water partition coefficient (Wildman–Crippen LogP) is 4.23. The van der Waals surface area contributed by atoms with E-state index in [2.05, 4.69) is 15.6 Å². The summed E-state index contributed by atoms with van der Waals surface area (Å²) in [5, 5.41) is 6.08. The molecular formula is C23H19N3O2S. The first-order chi connectivity index (χ1) is 14.2. The Hall–Kier alpha value is -3.51. The number of benzene rings is 3. The summed E-state index contributed by atoms with van der Waals surface area (Å²) >= 11 is 5.22. The molecule has 1 aromatic heterocycles. The molecule has 0 atom stereocenters. The Morgan fingerprint density at radius 1 is 0.897 bits per heavy atom. The molecule has 1 heterocycles. The number of fused-ring (bicyclic) bond motifs is 1. The van der Waals surface area contributed by atoms with E-state index < -0.39 is 0 Å². The van der Waals surface area contributed by atoms with Gasteiger partial charge in [0.15, 0.2) is 10.7 Å².